The van der Waals surface area contributed by atoms with Crippen molar-refractivity contribution in [1.29, 1.82) is 0 Å². The monoisotopic (exact) mass is 405 g/mol. The molecule has 1 fully saturated rings. The quantitative estimate of drug-likeness (QED) is 0.670. The lowest BCUT2D eigenvalue weighted by molar-refractivity contribution is -0.132. The number of aromatic nitrogens is 4. The van der Waals surface area contributed by atoms with Crippen LogP contribution in [0.15, 0.2) is 43.2 Å². The second-order valence-electron chi connectivity index (χ2n) is 6.69. The van der Waals surface area contributed by atoms with Crippen LogP contribution < -0.4 is 5.32 Å². The zero-order valence-corrected chi connectivity index (χ0v) is 17.0. The first kappa shape index (κ1) is 22.0. The Morgan fingerprint density at radius 3 is 2.86 bits per heavy atom. The molecule has 8 nitrogen and oxygen atoms in total. The number of hydrogen-bond donors (Lipinski definition) is 1. The molecule has 2 heterocycles. The molecule has 1 unspecified atom stereocenters. The summed E-state index contributed by atoms with van der Waals surface area (Å²) >= 11 is 0. The number of benzene rings is 1. The molecule has 9 heteroatoms. The molecule has 1 N–H and O–H groups in total. The van der Waals surface area contributed by atoms with E-state index in [1.165, 1.54) is 0 Å². The number of carbonyl (C=O) groups is 1. The van der Waals surface area contributed by atoms with Gasteiger partial charge in [-0.1, -0.05) is 18.2 Å². The van der Waals surface area contributed by atoms with Crippen molar-refractivity contribution >= 4 is 18.3 Å². The van der Waals surface area contributed by atoms with E-state index in [1.807, 2.05) is 23.1 Å². The number of rotatable bonds is 8. The van der Waals surface area contributed by atoms with Crippen molar-refractivity contribution in [3.05, 3.63) is 48.8 Å². The van der Waals surface area contributed by atoms with E-state index in [0.29, 0.717) is 13.0 Å². The van der Waals surface area contributed by atoms with E-state index in [1.54, 1.807) is 11.0 Å². The van der Waals surface area contributed by atoms with Crippen LogP contribution in [-0.4, -0.2) is 75.2 Å². The average Bonchev–Trinajstić information content (AvgIpc) is 3.26. The Morgan fingerprint density at radius 2 is 2.18 bits per heavy atom. The second kappa shape index (κ2) is 10.9. The van der Waals surface area contributed by atoms with Gasteiger partial charge in [0.1, 0.15) is 6.33 Å². The maximum atomic E-state index is 12.5. The zero-order valence-electron chi connectivity index (χ0n) is 16.2. The van der Waals surface area contributed by atoms with Crippen molar-refractivity contribution in [2.75, 3.05) is 39.3 Å². The summed E-state index contributed by atoms with van der Waals surface area (Å²) in [5.74, 6) is 0.222. The lowest BCUT2D eigenvalue weighted by atomic mass is 10.1. The fraction of sp³-hybridized carbons (Fsp3) is 0.474. The summed E-state index contributed by atoms with van der Waals surface area (Å²) in [6.45, 7) is 10.8. The SMILES string of the molecule is C=CCN(CCC(=O)N1CCNCC1)C(C)c1cccc(-n2cnnn2)c1.Cl. The van der Waals surface area contributed by atoms with Crippen molar-refractivity contribution in [3.63, 3.8) is 0 Å². The first-order valence-electron chi connectivity index (χ1n) is 9.36. The van der Waals surface area contributed by atoms with Gasteiger partial charge in [-0.05, 0) is 35.0 Å². The van der Waals surface area contributed by atoms with E-state index in [4.69, 9.17) is 0 Å². The van der Waals surface area contributed by atoms with Crippen molar-refractivity contribution in [2.24, 2.45) is 0 Å². The molecule has 2 aromatic rings. The fourth-order valence-corrected chi connectivity index (χ4v) is 3.34. The van der Waals surface area contributed by atoms with Crippen LogP contribution in [0.4, 0.5) is 0 Å². The highest BCUT2D eigenvalue weighted by molar-refractivity contribution is 5.85. The summed E-state index contributed by atoms with van der Waals surface area (Å²) in [5.41, 5.74) is 2.07. The van der Waals surface area contributed by atoms with Gasteiger partial charge in [-0.25, -0.2) is 4.68 Å². The lowest BCUT2D eigenvalue weighted by Crippen LogP contribution is -2.47. The smallest absolute Gasteiger partial charge is 0.223 e. The summed E-state index contributed by atoms with van der Waals surface area (Å²) in [4.78, 5) is 16.7. The maximum Gasteiger partial charge on any atom is 0.223 e. The molecule has 1 atom stereocenters. The molecule has 1 saturated heterocycles. The maximum absolute atomic E-state index is 12.5. The molecule has 1 aromatic carbocycles. The topological polar surface area (TPSA) is 79.2 Å². The second-order valence-corrected chi connectivity index (χ2v) is 6.69. The van der Waals surface area contributed by atoms with Crippen molar-refractivity contribution in [2.45, 2.75) is 19.4 Å². The Balaban J connectivity index is 0.00000280. The van der Waals surface area contributed by atoms with Crippen LogP contribution in [0.5, 0.6) is 0 Å². The molecule has 152 valence electrons. The van der Waals surface area contributed by atoms with Crippen LogP contribution in [0.25, 0.3) is 5.69 Å². The molecular weight excluding hydrogens is 378 g/mol. The molecule has 0 bridgehead atoms. The Morgan fingerprint density at radius 1 is 1.39 bits per heavy atom. The van der Waals surface area contributed by atoms with E-state index in [-0.39, 0.29) is 24.4 Å². The number of halogens is 1. The first-order chi connectivity index (χ1) is 13.2. The highest BCUT2D eigenvalue weighted by Gasteiger charge is 2.20. The third-order valence-corrected chi connectivity index (χ3v) is 4.96. The Hall–Kier alpha value is -2.29. The van der Waals surface area contributed by atoms with E-state index in [9.17, 15) is 4.79 Å². The van der Waals surface area contributed by atoms with Gasteiger partial charge in [0.25, 0.3) is 0 Å². The Bertz CT molecular complexity index is 747. The third-order valence-electron chi connectivity index (χ3n) is 4.96. The van der Waals surface area contributed by atoms with Gasteiger partial charge >= 0.3 is 0 Å². The highest BCUT2D eigenvalue weighted by Crippen LogP contribution is 2.22. The summed E-state index contributed by atoms with van der Waals surface area (Å²) in [5, 5.41) is 14.6. The van der Waals surface area contributed by atoms with Crippen LogP contribution in [0, 0.1) is 0 Å². The van der Waals surface area contributed by atoms with Gasteiger partial charge in [-0.2, -0.15) is 0 Å². The van der Waals surface area contributed by atoms with Gasteiger partial charge in [-0.3, -0.25) is 9.69 Å². The van der Waals surface area contributed by atoms with Crippen molar-refractivity contribution in [3.8, 4) is 5.69 Å². The van der Waals surface area contributed by atoms with Gasteiger partial charge < -0.3 is 10.2 Å². The molecule has 3 rings (SSSR count). The average molecular weight is 406 g/mol. The van der Waals surface area contributed by atoms with Crippen molar-refractivity contribution in [1.82, 2.24) is 35.3 Å². The number of amides is 1. The van der Waals surface area contributed by atoms with Crippen molar-refractivity contribution < 1.29 is 4.79 Å². The number of carbonyl (C=O) groups excluding carboxylic acids is 1. The number of nitrogens with zero attached hydrogens (tertiary/aromatic N) is 6. The van der Waals surface area contributed by atoms with Gasteiger partial charge in [0, 0.05) is 51.7 Å². The van der Waals surface area contributed by atoms with Crippen LogP contribution in [0.1, 0.15) is 24.9 Å². The lowest BCUT2D eigenvalue weighted by Gasteiger charge is -2.31. The normalized spacial score (nSPS) is 15.1. The molecule has 0 saturated carbocycles. The van der Waals surface area contributed by atoms with E-state index in [2.05, 4.69) is 51.4 Å². The standard InChI is InChI=1S/C19H27N7O.ClH/c1-3-10-24(11-7-19(27)25-12-8-20-9-13-25)16(2)17-5-4-6-18(14-17)26-15-21-22-23-26;/h3-6,14-16,20H,1,7-13H2,2H3;1H. The molecule has 0 radical (unpaired) electrons. The van der Waals surface area contributed by atoms with E-state index in [0.717, 1.165) is 44.0 Å². The van der Waals surface area contributed by atoms with Gasteiger partial charge in [0.2, 0.25) is 5.91 Å². The van der Waals surface area contributed by atoms with Crippen LogP contribution in [0.3, 0.4) is 0 Å². The minimum atomic E-state index is 0. The van der Waals surface area contributed by atoms with E-state index >= 15 is 0 Å². The van der Waals surface area contributed by atoms with E-state index < -0.39 is 0 Å². The van der Waals surface area contributed by atoms with Gasteiger partial charge in [0.05, 0.1) is 5.69 Å². The summed E-state index contributed by atoms with van der Waals surface area (Å²) in [6.07, 6.45) is 3.99. The predicted octanol–water partition coefficient (Wildman–Crippen LogP) is 1.45. The van der Waals surface area contributed by atoms with Gasteiger partial charge in [0.15, 0.2) is 0 Å². The van der Waals surface area contributed by atoms with Gasteiger partial charge in [-0.15, -0.1) is 24.1 Å². The number of nitrogens with one attached hydrogen (secondary N) is 1. The fourth-order valence-electron chi connectivity index (χ4n) is 3.34. The number of tetrazole rings is 1. The molecule has 0 spiro atoms. The summed E-state index contributed by atoms with van der Waals surface area (Å²) < 4.78 is 1.64. The Kier molecular flexibility index (Phi) is 8.56. The molecule has 1 aliphatic heterocycles. The summed E-state index contributed by atoms with van der Waals surface area (Å²) in [7, 11) is 0. The molecule has 1 aliphatic rings. The zero-order chi connectivity index (χ0) is 19.1. The molecule has 0 aliphatic carbocycles. The Labute approximate surface area is 172 Å². The predicted molar refractivity (Wildman–Crippen MR) is 111 cm³/mol. The number of hydrogen-bond acceptors (Lipinski definition) is 6. The van der Waals surface area contributed by atoms with Crippen LogP contribution in [-0.2, 0) is 4.79 Å². The minimum Gasteiger partial charge on any atom is -0.340 e. The summed E-state index contributed by atoms with van der Waals surface area (Å²) in [6, 6.07) is 8.29. The highest BCUT2D eigenvalue weighted by atomic mass is 35.5. The van der Waals surface area contributed by atoms with Crippen LogP contribution >= 0.6 is 12.4 Å². The minimum absolute atomic E-state index is 0. The molecule has 1 amide bonds. The first-order valence-corrected chi connectivity index (χ1v) is 9.36. The molecule has 28 heavy (non-hydrogen) atoms. The largest absolute Gasteiger partial charge is 0.340 e. The number of piperazine rings is 1. The molecule has 1 aromatic heterocycles. The molecular formula is C19H28ClN7O. The third kappa shape index (κ3) is 5.60. The van der Waals surface area contributed by atoms with Crippen LogP contribution in [0.2, 0.25) is 0 Å².